The van der Waals surface area contributed by atoms with Crippen LogP contribution in [-0.4, -0.2) is 29.0 Å². The summed E-state index contributed by atoms with van der Waals surface area (Å²) in [5.41, 5.74) is 5.95. The number of nitrogens with one attached hydrogen (secondary N) is 1. The van der Waals surface area contributed by atoms with E-state index in [2.05, 4.69) is 0 Å². The van der Waals surface area contributed by atoms with Gasteiger partial charge >= 0.3 is 12.0 Å². The van der Waals surface area contributed by atoms with E-state index < -0.39 is 24.0 Å². The molecule has 0 unspecified atom stereocenters. The first-order valence-corrected chi connectivity index (χ1v) is 10.3. The van der Waals surface area contributed by atoms with Gasteiger partial charge in [0.05, 0.1) is 21.1 Å². The lowest BCUT2D eigenvalue weighted by Crippen LogP contribution is -2.46. The van der Waals surface area contributed by atoms with E-state index in [0.29, 0.717) is 6.42 Å². The minimum Gasteiger partial charge on any atom is -0.452 e. The van der Waals surface area contributed by atoms with Gasteiger partial charge in [0, 0.05) is 5.92 Å². The van der Waals surface area contributed by atoms with Crippen LogP contribution in [0, 0.1) is 11.8 Å². The summed E-state index contributed by atoms with van der Waals surface area (Å²) in [4.78, 5) is 40.9. The molecule has 3 N–H and O–H groups in total. The second kappa shape index (κ2) is 8.68. The van der Waals surface area contributed by atoms with Crippen molar-refractivity contribution in [1.82, 2.24) is 10.3 Å². The van der Waals surface area contributed by atoms with E-state index in [1.165, 1.54) is 0 Å². The highest BCUT2D eigenvalue weighted by Gasteiger charge is 2.38. The Labute approximate surface area is 167 Å². The number of ether oxygens (including phenoxy) is 1. The molecule has 0 spiro atoms. The summed E-state index contributed by atoms with van der Waals surface area (Å²) in [6.07, 6.45) is 2.46. The van der Waals surface area contributed by atoms with Crippen LogP contribution in [-0.2, 0) is 14.3 Å². The number of imide groups is 1. The zero-order valence-corrected chi connectivity index (χ0v) is 16.8. The fourth-order valence-corrected chi connectivity index (χ4v) is 4.82. The van der Waals surface area contributed by atoms with Gasteiger partial charge in [0.15, 0.2) is 6.10 Å². The molecule has 3 rings (SSSR count). The molecular formula is C20H25N3O4S. The van der Waals surface area contributed by atoms with Gasteiger partial charge in [-0.05, 0) is 30.9 Å². The molecule has 2 aromatic rings. The van der Waals surface area contributed by atoms with E-state index in [1.54, 1.807) is 25.2 Å². The summed E-state index contributed by atoms with van der Waals surface area (Å²) in [6, 6.07) is 6.95. The number of aromatic nitrogens is 1. The Bertz CT molecular complexity index is 846. The number of nitrogens with zero attached hydrogens (tertiary/aromatic N) is 1. The molecule has 0 aliphatic heterocycles. The lowest BCUT2D eigenvalue weighted by Gasteiger charge is -2.30. The monoisotopic (exact) mass is 403 g/mol. The van der Waals surface area contributed by atoms with Gasteiger partial charge in [0.2, 0.25) is 0 Å². The van der Waals surface area contributed by atoms with Crippen molar-refractivity contribution in [3.63, 3.8) is 0 Å². The zero-order chi connectivity index (χ0) is 20.3. The second-order valence-electron chi connectivity index (χ2n) is 7.47. The van der Waals surface area contributed by atoms with Gasteiger partial charge in [-0.25, -0.2) is 9.78 Å². The smallest absolute Gasteiger partial charge is 0.318 e. The average molecular weight is 404 g/mol. The highest BCUT2D eigenvalue weighted by atomic mass is 32.1. The van der Waals surface area contributed by atoms with Crippen molar-refractivity contribution < 1.29 is 19.1 Å². The number of hydrogen-bond acceptors (Lipinski definition) is 6. The molecule has 1 aliphatic carbocycles. The molecule has 150 valence electrons. The lowest BCUT2D eigenvalue weighted by atomic mass is 9.79. The molecule has 1 fully saturated rings. The van der Waals surface area contributed by atoms with Crippen LogP contribution in [0.15, 0.2) is 24.3 Å². The van der Waals surface area contributed by atoms with Gasteiger partial charge in [-0.1, -0.05) is 38.8 Å². The third-order valence-corrected chi connectivity index (χ3v) is 6.22. The Hall–Kier alpha value is -2.48. The predicted octanol–water partition coefficient (Wildman–Crippen LogP) is 3.33. The number of primary amides is 1. The number of carbonyl (C=O) groups is 3. The van der Waals surface area contributed by atoms with E-state index >= 15 is 0 Å². The maximum atomic E-state index is 13.0. The number of amides is 3. The summed E-state index contributed by atoms with van der Waals surface area (Å²) < 4.78 is 6.65. The molecule has 28 heavy (non-hydrogen) atoms. The number of benzene rings is 1. The first-order chi connectivity index (χ1) is 13.4. The molecule has 1 saturated carbocycles. The van der Waals surface area contributed by atoms with Gasteiger partial charge in [-0.15, -0.1) is 11.3 Å². The molecule has 7 nitrogen and oxygen atoms in total. The highest BCUT2D eigenvalue weighted by molar-refractivity contribution is 7.18. The van der Waals surface area contributed by atoms with Crippen molar-refractivity contribution in [3.05, 3.63) is 29.3 Å². The number of carbonyl (C=O) groups excluding carboxylic acids is 3. The largest absolute Gasteiger partial charge is 0.452 e. The van der Waals surface area contributed by atoms with Crippen molar-refractivity contribution in [3.8, 4) is 0 Å². The van der Waals surface area contributed by atoms with E-state index in [1.807, 2.05) is 29.6 Å². The Kier molecular flexibility index (Phi) is 6.28. The molecule has 8 heteroatoms. The fraction of sp³-hybridized carbons (Fsp3) is 0.500. The Morgan fingerprint density at radius 1 is 1.21 bits per heavy atom. The zero-order valence-electron chi connectivity index (χ0n) is 16.0. The Morgan fingerprint density at radius 2 is 1.93 bits per heavy atom. The first kappa shape index (κ1) is 20.3. The SMILES string of the molecule is CC(C)[C@@H](OC(=O)[C@H]1CCCC[C@@H]1c1nc2ccccc2s1)C(=O)NC(N)=O. The summed E-state index contributed by atoms with van der Waals surface area (Å²) in [7, 11) is 0. The van der Waals surface area contributed by atoms with E-state index in [4.69, 9.17) is 15.5 Å². The van der Waals surface area contributed by atoms with Crippen molar-refractivity contribution in [2.24, 2.45) is 17.6 Å². The average Bonchev–Trinajstić information content (AvgIpc) is 3.09. The maximum absolute atomic E-state index is 13.0. The van der Waals surface area contributed by atoms with Crippen LogP contribution < -0.4 is 11.1 Å². The quantitative estimate of drug-likeness (QED) is 0.744. The van der Waals surface area contributed by atoms with Gasteiger partial charge in [-0.3, -0.25) is 14.9 Å². The number of para-hydroxylation sites is 1. The third kappa shape index (κ3) is 4.49. The number of hydrogen-bond donors (Lipinski definition) is 2. The van der Waals surface area contributed by atoms with Crippen molar-refractivity contribution >= 4 is 39.5 Å². The maximum Gasteiger partial charge on any atom is 0.318 e. The fourth-order valence-electron chi connectivity index (χ4n) is 3.65. The standard InChI is InChI=1S/C20H25N3O4S/c1-11(2)16(17(24)23-20(21)26)27-19(25)13-8-4-3-7-12(13)18-22-14-9-5-6-10-15(14)28-18/h5-6,9-13,16H,3-4,7-8H2,1-2H3,(H3,21,23,24,26)/t12-,13-,16+/m0/s1. The molecule has 0 radical (unpaired) electrons. The van der Waals surface area contributed by atoms with Crippen LogP contribution in [0.25, 0.3) is 10.2 Å². The van der Waals surface area contributed by atoms with E-state index in [0.717, 1.165) is 34.5 Å². The van der Waals surface area contributed by atoms with Gasteiger partial charge in [0.25, 0.3) is 5.91 Å². The minimum absolute atomic E-state index is 0.0225. The molecule has 1 aliphatic rings. The van der Waals surface area contributed by atoms with Gasteiger partial charge < -0.3 is 10.5 Å². The van der Waals surface area contributed by atoms with Crippen LogP contribution in [0.3, 0.4) is 0 Å². The minimum atomic E-state index is -1.06. The summed E-state index contributed by atoms with van der Waals surface area (Å²) >= 11 is 1.61. The van der Waals surface area contributed by atoms with Crippen LogP contribution in [0.2, 0.25) is 0 Å². The van der Waals surface area contributed by atoms with Crippen molar-refractivity contribution in [2.45, 2.75) is 51.6 Å². The van der Waals surface area contributed by atoms with Crippen LogP contribution in [0.1, 0.15) is 50.5 Å². The lowest BCUT2D eigenvalue weighted by molar-refractivity contribution is -0.163. The number of thiazole rings is 1. The molecule has 1 heterocycles. The molecule has 0 saturated heterocycles. The molecular weight excluding hydrogens is 378 g/mol. The first-order valence-electron chi connectivity index (χ1n) is 9.53. The predicted molar refractivity (Wildman–Crippen MR) is 107 cm³/mol. The van der Waals surface area contributed by atoms with Crippen LogP contribution in [0.5, 0.6) is 0 Å². The van der Waals surface area contributed by atoms with Crippen molar-refractivity contribution in [1.29, 1.82) is 0 Å². The van der Waals surface area contributed by atoms with E-state index in [-0.39, 0.29) is 17.8 Å². The summed E-state index contributed by atoms with van der Waals surface area (Å²) in [6.45, 7) is 3.51. The summed E-state index contributed by atoms with van der Waals surface area (Å²) in [5.74, 6) is -1.76. The molecule has 1 aromatic carbocycles. The number of esters is 1. The van der Waals surface area contributed by atoms with E-state index in [9.17, 15) is 14.4 Å². The second-order valence-corrected chi connectivity index (χ2v) is 8.53. The number of rotatable bonds is 5. The topological polar surface area (TPSA) is 111 Å². The van der Waals surface area contributed by atoms with Gasteiger partial charge in [-0.2, -0.15) is 0 Å². The van der Waals surface area contributed by atoms with Crippen LogP contribution in [0.4, 0.5) is 4.79 Å². The Morgan fingerprint density at radius 3 is 2.61 bits per heavy atom. The normalized spacial score (nSPS) is 20.7. The number of urea groups is 1. The summed E-state index contributed by atoms with van der Waals surface area (Å²) in [5, 5.41) is 2.94. The highest BCUT2D eigenvalue weighted by Crippen LogP contribution is 2.41. The van der Waals surface area contributed by atoms with Crippen LogP contribution >= 0.6 is 11.3 Å². The third-order valence-electron chi connectivity index (χ3n) is 5.05. The Balaban J connectivity index is 1.79. The number of nitrogens with two attached hydrogens (primary N) is 1. The molecule has 1 aromatic heterocycles. The molecule has 3 atom stereocenters. The molecule has 0 bridgehead atoms. The van der Waals surface area contributed by atoms with Gasteiger partial charge in [0.1, 0.15) is 0 Å². The molecule has 3 amide bonds. The number of fused-ring (bicyclic) bond motifs is 1. The van der Waals surface area contributed by atoms with Crippen molar-refractivity contribution in [2.75, 3.05) is 0 Å².